The molecule has 2 rings (SSSR count). The average Bonchev–Trinajstić information content (AvgIpc) is 2.69. The molecule has 0 fully saturated rings. The molecule has 0 spiro atoms. The Morgan fingerprint density at radius 2 is 1.83 bits per heavy atom. The van der Waals surface area contributed by atoms with Gasteiger partial charge in [-0.25, -0.2) is 4.39 Å². The number of carbonyl (C=O) groups is 2. The Bertz CT molecular complexity index is 851. The summed E-state index contributed by atoms with van der Waals surface area (Å²) in [5, 5.41) is 2.88. The summed E-state index contributed by atoms with van der Waals surface area (Å²) in [4.78, 5) is 27.3. The molecule has 1 N–H and O–H groups in total. The predicted octanol–water partition coefficient (Wildman–Crippen LogP) is 4.32. The minimum Gasteiger partial charge on any atom is -0.354 e. The van der Waals surface area contributed by atoms with E-state index in [9.17, 15) is 14.0 Å². The molecule has 0 saturated carbocycles. The van der Waals surface area contributed by atoms with Gasteiger partial charge in [-0.1, -0.05) is 55.3 Å². The first kappa shape index (κ1) is 22.6. The molecule has 1 atom stereocenters. The van der Waals surface area contributed by atoms with Crippen LogP contribution in [0.15, 0.2) is 42.5 Å². The van der Waals surface area contributed by atoms with Crippen LogP contribution in [0.25, 0.3) is 0 Å². The van der Waals surface area contributed by atoms with Crippen molar-refractivity contribution in [2.75, 3.05) is 6.54 Å². The quantitative estimate of drug-likeness (QED) is 0.640. The highest BCUT2D eigenvalue weighted by Gasteiger charge is 2.27. The van der Waals surface area contributed by atoms with E-state index in [4.69, 9.17) is 0 Å². The second-order valence-electron chi connectivity index (χ2n) is 7.54. The van der Waals surface area contributed by atoms with Crippen LogP contribution < -0.4 is 5.32 Å². The predicted molar refractivity (Wildman–Crippen MR) is 114 cm³/mol. The van der Waals surface area contributed by atoms with Gasteiger partial charge < -0.3 is 10.2 Å². The molecule has 0 radical (unpaired) electrons. The fourth-order valence-corrected chi connectivity index (χ4v) is 3.18. The minimum atomic E-state index is -0.691. The van der Waals surface area contributed by atoms with Crippen molar-refractivity contribution in [3.05, 3.63) is 70.5 Å². The van der Waals surface area contributed by atoms with Gasteiger partial charge in [0.1, 0.15) is 11.9 Å². The monoisotopic (exact) mass is 398 g/mol. The minimum absolute atomic E-state index is 0.0543. The summed E-state index contributed by atoms with van der Waals surface area (Å²) in [7, 11) is 0. The zero-order valence-electron chi connectivity index (χ0n) is 17.8. The van der Waals surface area contributed by atoms with E-state index in [1.54, 1.807) is 25.1 Å². The molecule has 0 aliphatic rings. The first-order chi connectivity index (χ1) is 13.8. The highest BCUT2D eigenvalue weighted by molar-refractivity contribution is 5.88. The molecule has 0 saturated heterocycles. The molecule has 5 heteroatoms. The van der Waals surface area contributed by atoms with Gasteiger partial charge >= 0.3 is 0 Å². The zero-order chi connectivity index (χ0) is 21.4. The van der Waals surface area contributed by atoms with Gasteiger partial charge in [0.15, 0.2) is 0 Å². The smallest absolute Gasteiger partial charge is 0.242 e. The van der Waals surface area contributed by atoms with Crippen LogP contribution in [0.5, 0.6) is 0 Å². The van der Waals surface area contributed by atoms with Crippen LogP contribution in [0.3, 0.4) is 0 Å². The fraction of sp³-hybridized carbons (Fsp3) is 0.417. The summed E-state index contributed by atoms with van der Waals surface area (Å²) in [5.74, 6) is -0.792. The standard InChI is InChI=1S/C24H31FN2O2/c1-5-6-13-26-24(29)19(4)27(16-20-9-7-8-10-22(20)25)23(28)15-21-14-17(2)11-12-18(21)3/h7-12,14,19H,5-6,13,15-16H2,1-4H3,(H,26,29)/t19-/m1/s1. The number of rotatable bonds is 9. The summed E-state index contributed by atoms with van der Waals surface area (Å²) >= 11 is 0. The number of nitrogens with zero attached hydrogens (tertiary/aromatic N) is 1. The van der Waals surface area contributed by atoms with Crippen LogP contribution in [0.4, 0.5) is 4.39 Å². The average molecular weight is 399 g/mol. The molecule has 0 aliphatic carbocycles. The summed E-state index contributed by atoms with van der Waals surface area (Å²) in [6, 6.07) is 11.7. The number of hydrogen-bond acceptors (Lipinski definition) is 2. The highest BCUT2D eigenvalue weighted by atomic mass is 19.1. The van der Waals surface area contributed by atoms with Crippen LogP contribution in [0.1, 0.15) is 48.9 Å². The lowest BCUT2D eigenvalue weighted by atomic mass is 10.0. The molecular weight excluding hydrogens is 367 g/mol. The molecule has 0 heterocycles. The van der Waals surface area contributed by atoms with E-state index in [-0.39, 0.29) is 30.6 Å². The van der Waals surface area contributed by atoms with Gasteiger partial charge in [0.05, 0.1) is 6.42 Å². The van der Waals surface area contributed by atoms with Crippen molar-refractivity contribution in [2.45, 2.75) is 59.5 Å². The molecule has 0 aliphatic heterocycles. The van der Waals surface area contributed by atoms with Gasteiger partial charge in [-0.3, -0.25) is 9.59 Å². The summed E-state index contributed by atoms with van der Waals surface area (Å²) in [6.45, 7) is 8.31. The maximum Gasteiger partial charge on any atom is 0.242 e. The molecule has 2 amide bonds. The van der Waals surface area contributed by atoms with E-state index in [1.165, 1.54) is 11.0 Å². The van der Waals surface area contributed by atoms with Crippen molar-refractivity contribution in [1.82, 2.24) is 10.2 Å². The van der Waals surface area contributed by atoms with E-state index in [0.717, 1.165) is 29.5 Å². The van der Waals surface area contributed by atoms with Gasteiger partial charge in [-0.15, -0.1) is 0 Å². The van der Waals surface area contributed by atoms with Gasteiger partial charge in [0, 0.05) is 18.7 Å². The Kier molecular flexibility index (Phi) is 8.37. The number of carbonyl (C=O) groups excluding carboxylic acids is 2. The topological polar surface area (TPSA) is 49.4 Å². The van der Waals surface area contributed by atoms with Gasteiger partial charge in [-0.2, -0.15) is 0 Å². The Morgan fingerprint density at radius 1 is 1.10 bits per heavy atom. The van der Waals surface area contributed by atoms with Crippen molar-refractivity contribution in [2.24, 2.45) is 0 Å². The largest absolute Gasteiger partial charge is 0.354 e. The molecule has 4 nitrogen and oxygen atoms in total. The van der Waals surface area contributed by atoms with Crippen LogP contribution in [0, 0.1) is 19.7 Å². The van der Waals surface area contributed by atoms with Gasteiger partial charge in [0.25, 0.3) is 0 Å². The van der Waals surface area contributed by atoms with Crippen LogP contribution >= 0.6 is 0 Å². The van der Waals surface area contributed by atoms with Crippen molar-refractivity contribution in [3.63, 3.8) is 0 Å². The maximum absolute atomic E-state index is 14.2. The molecular formula is C24H31FN2O2. The van der Waals surface area contributed by atoms with E-state index < -0.39 is 6.04 Å². The first-order valence-electron chi connectivity index (χ1n) is 10.2. The third kappa shape index (κ3) is 6.41. The number of nitrogens with one attached hydrogen (secondary N) is 1. The number of amides is 2. The molecule has 0 aromatic heterocycles. The third-order valence-electron chi connectivity index (χ3n) is 5.14. The Morgan fingerprint density at radius 3 is 2.52 bits per heavy atom. The lowest BCUT2D eigenvalue weighted by Crippen LogP contribution is -2.48. The highest BCUT2D eigenvalue weighted by Crippen LogP contribution is 2.17. The van der Waals surface area contributed by atoms with Crippen molar-refractivity contribution < 1.29 is 14.0 Å². The number of aryl methyl sites for hydroxylation is 2. The maximum atomic E-state index is 14.2. The van der Waals surface area contributed by atoms with Crippen LogP contribution in [0.2, 0.25) is 0 Å². The second-order valence-corrected chi connectivity index (χ2v) is 7.54. The molecule has 0 bridgehead atoms. The van der Waals surface area contributed by atoms with Crippen molar-refractivity contribution in [3.8, 4) is 0 Å². The second kappa shape index (κ2) is 10.7. The molecule has 0 unspecified atom stereocenters. The lowest BCUT2D eigenvalue weighted by Gasteiger charge is -2.29. The summed E-state index contributed by atoms with van der Waals surface area (Å²) in [6.07, 6.45) is 2.02. The molecule has 29 heavy (non-hydrogen) atoms. The molecule has 2 aromatic carbocycles. The Hall–Kier alpha value is -2.69. The normalized spacial score (nSPS) is 11.8. The lowest BCUT2D eigenvalue weighted by molar-refractivity contribution is -0.140. The summed E-state index contributed by atoms with van der Waals surface area (Å²) < 4.78 is 14.2. The van der Waals surface area contributed by atoms with Gasteiger partial charge in [-0.05, 0) is 44.4 Å². The number of benzene rings is 2. The number of unbranched alkanes of at least 4 members (excludes halogenated alkanes) is 1. The molecule has 156 valence electrons. The third-order valence-corrected chi connectivity index (χ3v) is 5.14. The SMILES string of the molecule is CCCCNC(=O)[C@@H](C)N(Cc1ccccc1F)C(=O)Cc1cc(C)ccc1C. The van der Waals surface area contributed by atoms with Crippen LogP contribution in [-0.2, 0) is 22.6 Å². The van der Waals surface area contributed by atoms with Crippen LogP contribution in [-0.4, -0.2) is 29.3 Å². The number of halogens is 1. The van der Waals surface area contributed by atoms with E-state index in [1.807, 2.05) is 39.0 Å². The molecule has 2 aromatic rings. The van der Waals surface area contributed by atoms with Crippen molar-refractivity contribution in [1.29, 1.82) is 0 Å². The first-order valence-corrected chi connectivity index (χ1v) is 10.2. The van der Waals surface area contributed by atoms with E-state index >= 15 is 0 Å². The van der Waals surface area contributed by atoms with Crippen molar-refractivity contribution >= 4 is 11.8 Å². The number of hydrogen-bond donors (Lipinski definition) is 1. The summed E-state index contributed by atoms with van der Waals surface area (Å²) in [5.41, 5.74) is 3.42. The van der Waals surface area contributed by atoms with Gasteiger partial charge in [0.2, 0.25) is 11.8 Å². The fourth-order valence-electron chi connectivity index (χ4n) is 3.18. The zero-order valence-corrected chi connectivity index (χ0v) is 17.8. The Labute approximate surface area is 173 Å². The van der Waals surface area contributed by atoms with E-state index in [2.05, 4.69) is 5.32 Å². The van der Waals surface area contributed by atoms with E-state index in [0.29, 0.717) is 12.1 Å². The Balaban J connectivity index is 2.25.